The maximum Gasteiger partial charge on any atom is 0.326 e. The largest absolute Gasteiger partial charge is 0.480 e. The van der Waals surface area contributed by atoms with Crippen LogP contribution >= 0.6 is 11.6 Å². The summed E-state index contributed by atoms with van der Waals surface area (Å²) in [5.74, 6) is -1.37. The van der Waals surface area contributed by atoms with Crippen LogP contribution in [-0.4, -0.2) is 36.1 Å². The number of halogens is 1. The zero-order valence-electron chi connectivity index (χ0n) is 12.3. The Hall–Kier alpha value is -1.63. The quantitative estimate of drug-likeness (QED) is 0.482. The van der Waals surface area contributed by atoms with Crippen molar-refractivity contribution in [2.45, 2.75) is 31.8 Å². The third-order valence-electron chi connectivity index (χ3n) is 3.08. The van der Waals surface area contributed by atoms with Crippen molar-refractivity contribution in [3.8, 4) is 0 Å². The van der Waals surface area contributed by atoms with E-state index in [2.05, 4.69) is 10.6 Å². The molecule has 22 heavy (non-hydrogen) atoms. The lowest BCUT2D eigenvalue weighted by molar-refractivity contribution is -0.141. The Morgan fingerprint density at radius 2 is 2.09 bits per heavy atom. The summed E-state index contributed by atoms with van der Waals surface area (Å²) in [7, 11) is 0. The van der Waals surface area contributed by atoms with Gasteiger partial charge in [-0.2, -0.15) is 0 Å². The van der Waals surface area contributed by atoms with Gasteiger partial charge in [-0.1, -0.05) is 23.7 Å². The maximum atomic E-state index is 11.8. The Morgan fingerprint density at radius 3 is 2.73 bits per heavy atom. The van der Waals surface area contributed by atoms with Crippen LogP contribution < -0.4 is 16.4 Å². The average molecular weight is 328 g/mol. The van der Waals surface area contributed by atoms with Crippen molar-refractivity contribution in [3.05, 3.63) is 34.9 Å². The number of amides is 1. The van der Waals surface area contributed by atoms with Gasteiger partial charge in [0.1, 0.15) is 6.04 Å². The molecule has 0 aliphatic carbocycles. The van der Waals surface area contributed by atoms with Gasteiger partial charge in [-0.3, -0.25) is 4.79 Å². The molecule has 1 amide bonds. The molecule has 1 aromatic rings. The Labute approximate surface area is 135 Å². The normalized spacial score (nSPS) is 11.9. The van der Waals surface area contributed by atoms with Crippen molar-refractivity contribution in [1.29, 1.82) is 0 Å². The lowest BCUT2D eigenvalue weighted by Crippen LogP contribution is -2.44. The minimum atomic E-state index is -1.03. The van der Waals surface area contributed by atoms with Crippen LogP contribution in [0.3, 0.4) is 0 Å². The molecule has 0 aliphatic rings. The van der Waals surface area contributed by atoms with Crippen molar-refractivity contribution in [2.24, 2.45) is 5.73 Å². The van der Waals surface area contributed by atoms with Crippen LogP contribution in [0.1, 0.15) is 24.8 Å². The fourth-order valence-electron chi connectivity index (χ4n) is 1.96. The Morgan fingerprint density at radius 1 is 1.32 bits per heavy atom. The smallest absolute Gasteiger partial charge is 0.326 e. The van der Waals surface area contributed by atoms with Crippen LogP contribution in [0.4, 0.5) is 0 Å². The minimum absolute atomic E-state index is 0.0488. The molecule has 0 spiro atoms. The number of hydrogen-bond acceptors (Lipinski definition) is 4. The minimum Gasteiger partial charge on any atom is -0.480 e. The van der Waals surface area contributed by atoms with Gasteiger partial charge >= 0.3 is 5.97 Å². The van der Waals surface area contributed by atoms with Crippen LogP contribution in [0.15, 0.2) is 24.3 Å². The first kappa shape index (κ1) is 18.4. The monoisotopic (exact) mass is 327 g/mol. The lowest BCUT2D eigenvalue weighted by Gasteiger charge is -2.14. The molecule has 0 fully saturated rings. The molecule has 0 heterocycles. The van der Waals surface area contributed by atoms with Crippen molar-refractivity contribution in [3.63, 3.8) is 0 Å². The van der Waals surface area contributed by atoms with E-state index in [1.807, 2.05) is 12.1 Å². The first-order valence-electron chi connectivity index (χ1n) is 7.20. The van der Waals surface area contributed by atoms with Crippen molar-refractivity contribution in [1.82, 2.24) is 10.6 Å². The van der Waals surface area contributed by atoms with E-state index in [1.54, 1.807) is 12.1 Å². The number of nitrogens with two attached hydrogens (primary N) is 1. The number of benzene rings is 1. The van der Waals surface area contributed by atoms with Crippen LogP contribution in [0, 0.1) is 0 Å². The van der Waals surface area contributed by atoms with E-state index in [0.29, 0.717) is 31.0 Å². The van der Waals surface area contributed by atoms with Crippen LogP contribution in [0.2, 0.25) is 5.02 Å². The zero-order chi connectivity index (χ0) is 16.4. The van der Waals surface area contributed by atoms with E-state index in [-0.39, 0.29) is 12.5 Å². The number of carboxylic acid groups (broad SMARTS) is 1. The standard InChI is InChI=1S/C15H22ClN3O3/c16-12-5-3-4-11(8-12)9-18-10-14(20)19-13(15(21)22)6-1-2-7-17/h3-5,8,13,18H,1-2,6-7,9-10,17H2,(H,19,20)(H,21,22). The van der Waals surface area contributed by atoms with Crippen LogP contribution in [-0.2, 0) is 16.1 Å². The number of carbonyl (C=O) groups is 2. The summed E-state index contributed by atoms with van der Waals surface area (Å²) < 4.78 is 0. The van der Waals surface area contributed by atoms with E-state index in [0.717, 1.165) is 12.0 Å². The van der Waals surface area contributed by atoms with Gasteiger partial charge in [0.2, 0.25) is 5.91 Å². The van der Waals surface area contributed by atoms with Crippen LogP contribution in [0.5, 0.6) is 0 Å². The summed E-state index contributed by atoms with van der Waals surface area (Å²) in [6.07, 6.45) is 1.79. The van der Waals surface area contributed by atoms with Gasteiger partial charge in [0.15, 0.2) is 0 Å². The highest BCUT2D eigenvalue weighted by Crippen LogP contribution is 2.10. The second-order valence-electron chi connectivity index (χ2n) is 4.98. The van der Waals surface area contributed by atoms with E-state index < -0.39 is 12.0 Å². The molecule has 1 aromatic carbocycles. The first-order chi connectivity index (χ1) is 10.5. The third-order valence-corrected chi connectivity index (χ3v) is 3.32. The topological polar surface area (TPSA) is 104 Å². The molecule has 0 saturated carbocycles. The van der Waals surface area contributed by atoms with Gasteiger partial charge in [-0.25, -0.2) is 4.79 Å². The summed E-state index contributed by atoms with van der Waals surface area (Å²) in [6.45, 7) is 1.05. The molecule has 0 saturated heterocycles. The molecular weight excluding hydrogens is 306 g/mol. The molecule has 6 nitrogen and oxygen atoms in total. The maximum absolute atomic E-state index is 11.8. The summed E-state index contributed by atoms with van der Waals surface area (Å²) >= 11 is 5.87. The number of unbranched alkanes of at least 4 members (excludes halogenated alkanes) is 1. The second-order valence-corrected chi connectivity index (χ2v) is 5.41. The molecule has 0 aliphatic heterocycles. The highest BCUT2D eigenvalue weighted by Gasteiger charge is 2.18. The molecule has 1 unspecified atom stereocenters. The Balaban J connectivity index is 2.32. The van der Waals surface area contributed by atoms with Crippen LogP contribution in [0.25, 0.3) is 0 Å². The van der Waals surface area contributed by atoms with E-state index in [1.165, 1.54) is 0 Å². The molecule has 0 bridgehead atoms. The van der Waals surface area contributed by atoms with Crippen molar-refractivity contribution < 1.29 is 14.7 Å². The van der Waals surface area contributed by atoms with Gasteiger partial charge in [0.25, 0.3) is 0 Å². The molecule has 1 rings (SSSR count). The Bertz CT molecular complexity index is 497. The SMILES string of the molecule is NCCCCC(NC(=O)CNCc1cccc(Cl)c1)C(=O)O. The number of carbonyl (C=O) groups excluding carboxylic acids is 1. The van der Waals surface area contributed by atoms with Gasteiger partial charge < -0.3 is 21.5 Å². The fraction of sp³-hybridized carbons (Fsp3) is 0.467. The highest BCUT2D eigenvalue weighted by atomic mass is 35.5. The molecule has 122 valence electrons. The molecule has 5 N–H and O–H groups in total. The van der Waals surface area contributed by atoms with Crippen molar-refractivity contribution in [2.75, 3.05) is 13.1 Å². The molecule has 7 heteroatoms. The second kappa shape index (κ2) is 10.2. The number of hydrogen-bond donors (Lipinski definition) is 4. The zero-order valence-corrected chi connectivity index (χ0v) is 13.1. The summed E-state index contributed by atoms with van der Waals surface area (Å²) in [5.41, 5.74) is 6.33. The van der Waals surface area contributed by atoms with E-state index >= 15 is 0 Å². The number of aliphatic carboxylic acids is 1. The predicted molar refractivity (Wildman–Crippen MR) is 85.6 cm³/mol. The number of nitrogens with one attached hydrogen (secondary N) is 2. The molecule has 0 aromatic heterocycles. The molecular formula is C15H22ClN3O3. The predicted octanol–water partition coefficient (Wildman–Crippen LogP) is 1.13. The van der Waals surface area contributed by atoms with E-state index in [4.69, 9.17) is 22.4 Å². The van der Waals surface area contributed by atoms with Gasteiger partial charge in [0.05, 0.1) is 6.54 Å². The molecule has 1 atom stereocenters. The Kier molecular flexibility index (Phi) is 8.50. The number of rotatable bonds is 10. The third kappa shape index (κ3) is 7.40. The van der Waals surface area contributed by atoms with Gasteiger partial charge in [-0.05, 0) is 43.5 Å². The number of carboxylic acids is 1. The summed E-state index contributed by atoms with van der Waals surface area (Å²) in [5, 5.41) is 15.2. The molecule has 0 radical (unpaired) electrons. The van der Waals surface area contributed by atoms with E-state index in [9.17, 15) is 9.59 Å². The van der Waals surface area contributed by atoms with Gasteiger partial charge in [-0.15, -0.1) is 0 Å². The first-order valence-corrected chi connectivity index (χ1v) is 7.58. The lowest BCUT2D eigenvalue weighted by atomic mass is 10.1. The van der Waals surface area contributed by atoms with Gasteiger partial charge in [0, 0.05) is 11.6 Å². The van der Waals surface area contributed by atoms with Crippen molar-refractivity contribution >= 4 is 23.5 Å². The summed E-state index contributed by atoms with van der Waals surface area (Å²) in [4.78, 5) is 22.8. The fourth-order valence-corrected chi connectivity index (χ4v) is 2.18. The highest BCUT2D eigenvalue weighted by molar-refractivity contribution is 6.30. The summed E-state index contributed by atoms with van der Waals surface area (Å²) in [6, 6.07) is 6.43. The average Bonchev–Trinajstić information content (AvgIpc) is 2.46.